The number of benzene rings is 4. The van der Waals surface area contributed by atoms with Crippen LogP contribution in [0.3, 0.4) is 0 Å². The zero-order valence-corrected chi connectivity index (χ0v) is 38.6. The van der Waals surface area contributed by atoms with Crippen LogP contribution < -0.4 is 5.48 Å². The highest BCUT2D eigenvalue weighted by atomic mass is 32.2. The molecule has 0 spiro atoms. The molecule has 4 aromatic carbocycles. The van der Waals surface area contributed by atoms with Crippen LogP contribution in [0.5, 0.6) is 0 Å². The number of nitrogens with one attached hydrogen (secondary N) is 1. The summed E-state index contributed by atoms with van der Waals surface area (Å²) in [6.07, 6.45) is -7.75. The van der Waals surface area contributed by atoms with Crippen LogP contribution >= 0.6 is 0 Å². The number of methoxy groups -OCH3 is 2. The molecule has 1 fully saturated rings. The molecule has 0 aliphatic carbocycles. The summed E-state index contributed by atoms with van der Waals surface area (Å²) in [7, 11) is -5.35. The summed E-state index contributed by atoms with van der Waals surface area (Å²) in [5.74, 6) is -2.23. The van der Waals surface area contributed by atoms with Crippen molar-refractivity contribution in [1.82, 2.24) is 5.48 Å². The fourth-order valence-electron chi connectivity index (χ4n) is 7.00. The zero-order chi connectivity index (χ0) is 49.3. The minimum atomic E-state index is -4.16. The Morgan fingerprint density at radius 3 is 1.39 bits per heavy atom. The van der Waals surface area contributed by atoms with Gasteiger partial charge in [-0.2, -0.15) is 26.3 Å². The normalized spacial score (nSPS) is 15.5. The molecule has 0 bridgehead atoms. The summed E-state index contributed by atoms with van der Waals surface area (Å²) >= 11 is 0. The summed E-state index contributed by atoms with van der Waals surface area (Å²) in [6.45, 7) is 0.577. The summed E-state index contributed by atoms with van der Waals surface area (Å²) < 4.78 is 141. The largest absolute Gasteiger partial charge is 0.480 e. The van der Waals surface area contributed by atoms with Gasteiger partial charge in [-0.25, -0.2) is 27.2 Å². The maximum absolute atomic E-state index is 13.3. The molecule has 20 heteroatoms. The lowest BCUT2D eigenvalue weighted by atomic mass is 10.0. The van der Waals surface area contributed by atoms with E-state index in [9.17, 15) is 57.9 Å². The van der Waals surface area contributed by atoms with E-state index in [4.69, 9.17) is 19.0 Å². The number of carboxylic acids is 1. The van der Waals surface area contributed by atoms with Crippen LogP contribution in [-0.4, -0.2) is 97.0 Å². The van der Waals surface area contributed by atoms with E-state index in [1.807, 2.05) is 0 Å². The first-order valence-corrected chi connectivity index (χ1v) is 24.5. The fourth-order valence-corrected chi connectivity index (χ4v) is 10.1. The van der Waals surface area contributed by atoms with E-state index in [0.29, 0.717) is 31.4 Å². The van der Waals surface area contributed by atoms with Crippen LogP contribution in [0, 0.1) is 0 Å². The Morgan fingerprint density at radius 2 is 1.03 bits per heavy atom. The number of carboxylic acid groups (broad SMARTS) is 1. The second-order valence-electron chi connectivity index (χ2n) is 15.7. The van der Waals surface area contributed by atoms with Crippen molar-refractivity contribution in [2.75, 3.05) is 34.0 Å². The predicted molar refractivity (Wildman–Crippen MR) is 237 cm³/mol. The number of hydroxylamine groups is 1. The van der Waals surface area contributed by atoms with Gasteiger partial charge < -0.3 is 19.3 Å². The van der Waals surface area contributed by atoms with Crippen LogP contribution in [0.2, 0.25) is 0 Å². The third-order valence-electron chi connectivity index (χ3n) is 10.7. The van der Waals surface area contributed by atoms with Gasteiger partial charge in [-0.3, -0.25) is 9.59 Å². The van der Waals surface area contributed by atoms with E-state index in [1.54, 1.807) is 72.8 Å². The third kappa shape index (κ3) is 17.6. The Bertz CT molecular complexity index is 2370. The first-order valence-electron chi connectivity index (χ1n) is 21.4. The molecule has 67 heavy (non-hydrogen) atoms. The lowest BCUT2D eigenvalue weighted by Gasteiger charge is -2.23. The maximum Gasteiger partial charge on any atom is 0.389 e. The highest BCUT2D eigenvalue weighted by molar-refractivity contribution is 7.93. The predicted octanol–water partition coefficient (Wildman–Crippen LogP) is 9.49. The molecule has 1 heterocycles. The monoisotopic (exact) mass is 987 g/mol. The number of ether oxygens (including phenoxy) is 3. The smallest absolute Gasteiger partial charge is 0.389 e. The van der Waals surface area contributed by atoms with E-state index in [2.05, 4.69) is 5.48 Å². The van der Waals surface area contributed by atoms with E-state index in [-0.39, 0.29) is 48.7 Å². The second-order valence-corrected chi connectivity index (χ2v) is 20.0. The minimum Gasteiger partial charge on any atom is -0.480 e. The second kappa shape index (κ2) is 25.5. The van der Waals surface area contributed by atoms with Crippen molar-refractivity contribution in [3.8, 4) is 22.3 Å². The van der Waals surface area contributed by atoms with Crippen molar-refractivity contribution in [2.45, 2.75) is 110 Å². The van der Waals surface area contributed by atoms with Crippen molar-refractivity contribution >= 4 is 31.6 Å². The Hall–Kier alpha value is -4.86. The van der Waals surface area contributed by atoms with Crippen molar-refractivity contribution in [3.05, 3.63) is 108 Å². The number of alkyl halides is 6. The van der Waals surface area contributed by atoms with Gasteiger partial charge >= 0.3 is 18.3 Å². The molecule has 2 N–H and O–H groups in total. The highest BCUT2D eigenvalue weighted by Crippen LogP contribution is 2.29. The zero-order valence-electron chi connectivity index (χ0n) is 37.0. The van der Waals surface area contributed by atoms with Crippen LogP contribution in [0.4, 0.5) is 26.3 Å². The van der Waals surface area contributed by atoms with Gasteiger partial charge in [-0.1, -0.05) is 72.8 Å². The molecular weight excluding hydrogens is 933 g/mol. The van der Waals surface area contributed by atoms with Crippen molar-refractivity contribution in [3.63, 3.8) is 0 Å². The Balaban J connectivity index is 0.000000299. The number of aryl methyl sites for hydroxylation is 2. The minimum absolute atomic E-state index is 0.00357. The summed E-state index contributed by atoms with van der Waals surface area (Å²) in [4.78, 5) is 29.3. The summed E-state index contributed by atoms with van der Waals surface area (Å²) in [5, 5.41) is 6.25. The molecule has 0 saturated carbocycles. The first-order chi connectivity index (χ1) is 31.6. The Kier molecular flexibility index (Phi) is 20.8. The molecular formula is C47H55F6NO11S2. The van der Waals surface area contributed by atoms with Crippen LogP contribution in [0.1, 0.15) is 68.9 Å². The number of rotatable bonds is 22. The van der Waals surface area contributed by atoms with Gasteiger partial charge in [0, 0.05) is 53.3 Å². The van der Waals surface area contributed by atoms with E-state index in [0.717, 1.165) is 40.7 Å². The fraction of sp³-hybridized carbons (Fsp3) is 0.447. The quantitative estimate of drug-likeness (QED) is 0.0568. The molecule has 1 amide bonds. The van der Waals surface area contributed by atoms with Gasteiger partial charge in [0.15, 0.2) is 31.2 Å². The van der Waals surface area contributed by atoms with Gasteiger partial charge in [0.25, 0.3) is 5.91 Å². The number of aliphatic carboxylic acids is 1. The average Bonchev–Trinajstić information content (AvgIpc) is 3.28. The molecule has 0 aromatic heterocycles. The van der Waals surface area contributed by atoms with Crippen molar-refractivity contribution in [2.24, 2.45) is 0 Å². The number of halogens is 6. The first kappa shape index (κ1) is 54.7. The number of carbonyl (C=O) groups excluding carboxylic acids is 1. The molecule has 1 aliphatic heterocycles. The van der Waals surface area contributed by atoms with E-state index >= 15 is 0 Å². The topological polar surface area (TPSA) is 172 Å². The van der Waals surface area contributed by atoms with Gasteiger partial charge in [0.2, 0.25) is 0 Å². The van der Waals surface area contributed by atoms with Gasteiger partial charge in [-0.15, -0.1) is 0 Å². The van der Waals surface area contributed by atoms with Crippen LogP contribution in [0.15, 0.2) is 107 Å². The standard InChI is InChI=1S/C26H32F3NO6S.C21H23F3O5S/c1-34-18-15-23(25(31)30-36-24-6-2-3-17-35-24)37(32,33)22-13-11-21(12-14-22)20-9-7-19(8-10-20)5-4-16-26(27,28)29;1-29-14-12-19(20(25)26)30(27,28)18-10-8-17(9-11-18)16-6-4-15(5-7-16)3-2-13-21(22,23)24/h7-14,23-24H,2-6,15-18H2,1H3,(H,30,31);4-11,19H,2-3,12-14H2,1H3,(H,25,26). The SMILES string of the molecule is COCCC(C(=O)NOC1CCCCO1)S(=O)(=O)c1ccc(-c2ccc(CCCC(F)(F)F)cc2)cc1.COCCC(C(=O)O)S(=O)(=O)c1ccc(-c2ccc(CCCC(F)(F)F)cc2)cc1. The maximum atomic E-state index is 13.3. The molecule has 4 aromatic rings. The lowest BCUT2D eigenvalue weighted by molar-refractivity contribution is -0.200. The molecule has 3 unspecified atom stereocenters. The highest BCUT2D eigenvalue weighted by Gasteiger charge is 2.36. The molecule has 1 saturated heterocycles. The number of carbonyl (C=O) groups is 2. The lowest BCUT2D eigenvalue weighted by Crippen LogP contribution is -2.43. The van der Waals surface area contributed by atoms with E-state index in [1.165, 1.54) is 38.5 Å². The summed E-state index contributed by atoms with van der Waals surface area (Å²) in [6, 6.07) is 26.0. The summed E-state index contributed by atoms with van der Waals surface area (Å²) in [5.41, 5.74) is 6.82. The van der Waals surface area contributed by atoms with Gasteiger partial charge in [-0.05, 0) is 109 Å². The third-order valence-corrected chi connectivity index (χ3v) is 14.9. The van der Waals surface area contributed by atoms with Gasteiger partial charge in [0.05, 0.1) is 9.79 Å². The average molecular weight is 988 g/mol. The Morgan fingerprint density at radius 1 is 0.642 bits per heavy atom. The number of amides is 1. The number of hydrogen-bond donors (Lipinski definition) is 2. The van der Waals surface area contributed by atoms with Crippen molar-refractivity contribution < 1.29 is 76.9 Å². The van der Waals surface area contributed by atoms with Crippen molar-refractivity contribution in [1.29, 1.82) is 0 Å². The molecule has 0 radical (unpaired) electrons. The molecule has 3 atom stereocenters. The molecule has 368 valence electrons. The van der Waals surface area contributed by atoms with Gasteiger partial charge in [0.1, 0.15) is 5.25 Å². The molecule has 5 rings (SSSR count). The Labute approximate surface area is 386 Å². The van der Waals surface area contributed by atoms with E-state index < -0.39 is 73.5 Å². The number of sulfone groups is 2. The number of hydrogen-bond acceptors (Lipinski definition) is 10. The van der Waals surface area contributed by atoms with Crippen LogP contribution in [0.25, 0.3) is 22.3 Å². The van der Waals surface area contributed by atoms with Crippen LogP contribution in [-0.2, 0) is 61.2 Å². The molecule has 1 aliphatic rings. The molecule has 12 nitrogen and oxygen atoms in total.